The molecule has 3 atom stereocenters. The fourth-order valence-electron chi connectivity index (χ4n) is 4.17. The number of methoxy groups -OCH3 is 1. The van der Waals surface area contributed by atoms with Gasteiger partial charge in [-0.2, -0.15) is 0 Å². The van der Waals surface area contributed by atoms with Crippen molar-refractivity contribution in [1.29, 1.82) is 0 Å². The van der Waals surface area contributed by atoms with Gasteiger partial charge in [0.25, 0.3) is 0 Å². The van der Waals surface area contributed by atoms with Gasteiger partial charge in [-0.3, -0.25) is 14.5 Å². The number of carbonyl (C=O) groups is 2. The number of likely N-dealkylation sites (N-methyl/N-ethyl adjacent to an activating group) is 1. The number of esters is 1. The predicted molar refractivity (Wildman–Crippen MR) is 105 cm³/mol. The summed E-state index contributed by atoms with van der Waals surface area (Å²) in [6.45, 7) is 4.17. The first-order chi connectivity index (χ1) is 13.3. The number of aromatic nitrogens is 2. The number of rotatable bonds is 5. The Balaban J connectivity index is 1.91. The molecular weight excluding hydrogens is 356 g/mol. The van der Waals surface area contributed by atoms with Gasteiger partial charge in [-0.25, -0.2) is 4.98 Å². The molecule has 0 aliphatic carbocycles. The molecule has 1 aromatic heterocycles. The van der Waals surface area contributed by atoms with Crippen LogP contribution in [0.1, 0.15) is 36.5 Å². The highest BCUT2D eigenvalue weighted by Gasteiger charge is 2.55. The molecule has 28 heavy (non-hydrogen) atoms. The molecule has 3 rings (SSSR count). The molecule has 1 aliphatic heterocycles. The molecule has 1 aliphatic rings. The zero-order valence-corrected chi connectivity index (χ0v) is 17.1. The summed E-state index contributed by atoms with van der Waals surface area (Å²) in [5.41, 5.74) is 1.10. The van der Waals surface area contributed by atoms with Gasteiger partial charge < -0.3 is 14.6 Å². The van der Waals surface area contributed by atoms with Crippen LogP contribution in [0.25, 0.3) is 0 Å². The molecule has 0 unspecified atom stereocenters. The van der Waals surface area contributed by atoms with Crippen molar-refractivity contribution in [2.45, 2.75) is 38.4 Å². The monoisotopic (exact) mass is 384 g/mol. The molecule has 0 spiro atoms. The molecule has 2 heterocycles. The van der Waals surface area contributed by atoms with E-state index in [2.05, 4.69) is 9.97 Å². The molecule has 1 amide bonds. The summed E-state index contributed by atoms with van der Waals surface area (Å²) in [5, 5.41) is 0. The second kappa shape index (κ2) is 7.75. The number of benzene rings is 1. The number of aromatic amines is 1. The van der Waals surface area contributed by atoms with Gasteiger partial charge in [0.2, 0.25) is 5.91 Å². The number of hydrogen-bond donors (Lipinski definition) is 1. The maximum atomic E-state index is 13.4. The van der Waals surface area contributed by atoms with Crippen LogP contribution in [0.5, 0.6) is 0 Å². The highest BCUT2D eigenvalue weighted by molar-refractivity contribution is 5.86. The quantitative estimate of drug-likeness (QED) is 0.801. The summed E-state index contributed by atoms with van der Waals surface area (Å²) in [4.78, 5) is 37.0. The fraction of sp³-hybridized carbons (Fsp3) is 0.476. The summed E-state index contributed by atoms with van der Waals surface area (Å²) in [7, 11) is 5.05. The predicted octanol–water partition coefficient (Wildman–Crippen LogP) is 2.30. The van der Waals surface area contributed by atoms with E-state index in [-0.39, 0.29) is 23.8 Å². The molecule has 1 fully saturated rings. The number of nitrogens with one attached hydrogen (secondary N) is 1. The third kappa shape index (κ3) is 3.54. The van der Waals surface area contributed by atoms with E-state index in [1.165, 1.54) is 7.11 Å². The Morgan fingerprint density at radius 2 is 2.04 bits per heavy atom. The Morgan fingerprint density at radius 3 is 2.61 bits per heavy atom. The van der Waals surface area contributed by atoms with Crippen LogP contribution in [0.15, 0.2) is 36.5 Å². The van der Waals surface area contributed by atoms with Crippen molar-refractivity contribution in [3.63, 3.8) is 0 Å². The Hall–Kier alpha value is -2.67. The van der Waals surface area contributed by atoms with Gasteiger partial charge in [0.05, 0.1) is 19.6 Å². The molecule has 1 aromatic carbocycles. The molecule has 0 bridgehead atoms. The van der Waals surface area contributed by atoms with E-state index < -0.39 is 5.54 Å². The number of H-pyrrole nitrogens is 1. The first-order valence-corrected chi connectivity index (χ1v) is 9.39. The first kappa shape index (κ1) is 20.1. The van der Waals surface area contributed by atoms with Gasteiger partial charge in [0, 0.05) is 25.0 Å². The summed E-state index contributed by atoms with van der Waals surface area (Å²) < 4.78 is 5.06. The van der Waals surface area contributed by atoms with Crippen molar-refractivity contribution in [3.05, 3.63) is 53.6 Å². The zero-order valence-electron chi connectivity index (χ0n) is 17.1. The van der Waals surface area contributed by atoms with E-state index in [0.29, 0.717) is 13.0 Å². The Kier molecular flexibility index (Phi) is 5.56. The SMILES string of the molecule is COC(=O)[C@@]1(C)C[C@@H](C(=O)N(C)Cc2ncc(C)[nH]2)[C@@H](c2ccccc2)N1C. The molecule has 2 aromatic rings. The Morgan fingerprint density at radius 1 is 1.36 bits per heavy atom. The van der Waals surface area contributed by atoms with Crippen LogP contribution < -0.4 is 0 Å². The highest BCUT2D eigenvalue weighted by Crippen LogP contribution is 2.46. The average molecular weight is 384 g/mol. The van der Waals surface area contributed by atoms with Crippen molar-refractivity contribution < 1.29 is 14.3 Å². The Labute approximate surface area is 165 Å². The van der Waals surface area contributed by atoms with E-state index in [1.807, 2.05) is 56.1 Å². The first-order valence-electron chi connectivity index (χ1n) is 9.39. The molecule has 0 saturated carbocycles. The van der Waals surface area contributed by atoms with Gasteiger partial charge in [0.15, 0.2) is 0 Å². The van der Waals surface area contributed by atoms with Crippen LogP contribution in [-0.4, -0.2) is 58.4 Å². The van der Waals surface area contributed by atoms with E-state index >= 15 is 0 Å². The number of aryl methyl sites for hydroxylation is 1. The molecule has 1 saturated heterocycles. The average Bonchev–Trinajstić information content (AvgIpc) is 3.22. The lowest BCUT2D eigenvalue weighted by Gasteiger charge is -2.33. The summed E-state index contributed by atoms with van der Waals surface area (Å²) in [6.07, 6.45) is 2.15. The highest BCUT2D eigenvalue weighted by atomic mass is 16.5. The smallest absolute Gasteiger partial charge is 0.326 e. The molecular formula is C21H28N4O3. The van der Waals surface area contributed by atoms with Crippen LogP contribution in [0.4, 0.5) is 0 Å². The lowest BCUT2D eigenvalue weighted by atomic mass is 9.89. The van der Waals surface area contributed by atoms with Crippen LogP contribution in [-0.2, 0) is 20.9 Å². The standard InChI is InChI=1S/C21H28N4O3/c1-14-12-22-17(23-14)13-24(3)19(26)16-11-21(2,20(27)28-5)25(4)18(16)15-9-7-6-8-10-15/h6-10,12,16,18H,11,13H2,1-5H3,(H,22,23)/t16-,18-,21-/m1/s1. The number of hydrogen-bond acceptors (Lipinski definition) is 5. The number of amides is 1. The van der Waals surface area contributed by atoms with E-state index in [0.717, 1.165) is 17.1 Å². The van der Waals surface area contributed by atoms with Crippen molar-refractivity contribution in [2.75, 3.05) is 21.2 Å². The van der Waals surface area contributed by atoms with Gasteiger partial charge in [-0.15, -0.1) is 0 Å². The van der Waals surface area contributed by atoms with Gasteiger partial charge in [-0.05, 0) is 32.9 Å². The normalized spacial score (nSPS) is 24.9. The maximum Gasteiger partial charge on any atom is 0.326 e. The number of likely N-dealkylation sites (tertiary alicyclic amines) is 1. The van der Waals surface area contributed by atoms with Crippen LogP contribution in [0.3, 0.4) is 0 Å². The molecule has 7 nitrogen and oxygen atoms in total. The second-order valence-corrected chi connectivity index (χ2v) is 7.75. The minimum atomic E-state index is -0.863. The van der Waals surface area contributed by atoms with Crippen LogP contribution in [0.2, 0.25) is 0 Å². The van der Waals surface area contributed by atoms with Crippen molar-refractivity contribution in [3.8, 4) is 0 Å². The van der Waals surface area contributed by atoms with E-state index in [1.54, 1.807) is 18.1 Å². The van der Waals surface area contributed by atoms with Crippen molar-refractivity contribution >= 4 is 11.9 Å². The van der Waals surface area contributed by atoms with Crippen LogP contribution in [0, 0.1) is 12.8 Å². The minimum absolute atomic E-state index is 0.0117. The minimum Gasteiger partial charge on any atom is -0.468 e. The second-order valence-electron chi connectivity index (χ2n) is 7.75. The number of ether oxygens (including phenoxy) is 1. The fourth-order valence-corrected chi connectivity index (χ4v) is 4.17. The lowest BCUT2D eigenvalue weighted by Crippen LogP contribution is -2.47. The maximum absolute atomic E-state index is 13.4. The summed E-state index contributed by atoms with van der Waals surface area (Å²) in [5.74, 6) is 0.0437. The molecule has 1 N–H and O–H groups in total. The van der Waals surface area contributed by atoms with Gasteiger partial charge >= 0.3 is 5.97 Å². The topological polar surface area (TPSA) is 78.5 Å². The number of nitrogens with zero attached hydrogens (tertiary/aromatic N) is 3. The molecule has 7 heteroatoms. The summed E-state index contributed by atoms with van der Waals surface area (Å²) >= 11 is 0. The third-order valence-corrected chi connectivity index (χ3v) is 5.80. The number of imidazole rings is 1. The zero-order chi connectivity index (χ0) is 20.5. The number of carbonyl (C=O) groups excluding carboxylic acids is 2. The Bertz CT molecular complexity index is 850. The van der Waals surface area contributed by atoms with E-state index in [4.69, 9.17) is 4.74 Å². The summed E-state index contributed by atoms with van der Waals surface area (Å²) in [6, 6.07) is 9.64. The third-order valence-electron chi connectivity index (χ3n) is 5.80. The molecule has 0 radical (unpaired) electrons. The van der Waals surface area contributed by atoms with Crippen molar-refractivity contribution in [1.82, 2.24) is 19.8 Å². The van der Waals surface area contributed by atoms with Crippen LogP contribution >= 0.6 is 0 Å². The van der Waals surface area contributed by atoms with Gasteiger partial charge in [-0.1, -0.05) is 30.3 Å². The van der Waals surface area contributed by atoms with Gasteiger partial charge in [0.1, 0.15) is 11.4 Å². The molecule has 150 valence electrons. The largest absolute Gasteiger partial charge is 0.468 e. The lowest BCUT2D eigenvalue weighted by molar-refractivity contribution is -0.152. The van der Waals surface area contributed by atoms with E-state index in [9.17, 15) is 9.59 Å². The van der Waals surface area contributed by atoms with Crippen molar-refractivity contribution in [2.24, 2.45) is 5.92 Å².